The Bertz CT molecular complexity index is 1090. The Balaban J connectivity index is 2.17. The third kappa shape index (κ3) is 5.93. The van der Waals surface area contributed by atoms with E-state index in [1.165, 1.54) is 11.3 Å². The fraction of sp³-hybridized carbons (Fsp3) is 0.208. The highest BCUT2D eigenvalue weighted by Crippen LogP contribution is 2.39. The summed E-state index contributed by atoms with van der Waals surface area (Å²) in [6.45, 7) is 8.05. The van der Waals surface area contributed by atoms with E-state index < -0.39 is 0 Å². The van der Waals surface area contributed by atoms with Crippen LogP contribution in [0.4, 0.5) is 0 Å². The fourth-order valence-corrected chi connectivity index (χ4v) is 5.65. The summed E-state index contributed by atoms with van der Waals surface area (Å²) in [6.07, 6.45) is 3.89. The average molecular weight is 517 g/mol. The van der Waals surface area contributed by atoms with Crippen LogP contribution >= 0.6 is 39.0 Å². The van der Waals surface area contributed by atoms with Crippen molar-refractivity contribution in [3.8, 4) is 5.69 Å². The largest absolute Gasteiger partial charge is 0.466 e. The first-order valence-electron chi connectivity index (χ1n) is 9.76. The number of carbonyl (C=O) groups excluding carboxylic acids is 2. The lowest BCUT2D eigenvalue weighted by atomic mass is 10.0. The van der Waals surface area contributed by atoms with E-state index in [-0.39, 0.29) is 18.2 Å². The summed E-state index contributed by atoms with van der Waals surface area (Å²) in [5, 5.41) is 0. The van der Waals surface area contributed by atoms with Crippen molar-refractivity contribution in [2.75, 3.05) is 12.4 Å². The molecule has 0 spiro atoms. The van der Waals surface area contributed by atoms with Gasteiger partial charge >= 0.3 is 5.97 Å². The minimum atomic E-state index is -0.348. The molecule has 0 saturated heterocycles. The molecule has 0 unspecified atom stereocenters. The van der Waals surface area contributed by atoms with Gasteiger partial charge in [0.1, 0.15) is 4.21 Å². The zero-order chi connectivity index (χ0) is 22.4. The second kappa shape index (κ2) is 10.9. The molecule has 0 atom stereocenters. The summed E-state index contributed by atoms with van der Waals surface area (Å²) >= 11 is 6.46. The topological polar surface area (TPSA) is 47.3 Å². The summed E-state index contributed by atoms with van der Waals surface area (Å²) < 4.78 is 9.06. The van der Waals surface area contributed by atoms with Gasteiger partial charge in [-0.05, 0) is 38.1 Å². The Hall–Kier alpha value is -2.22. The van der Waals surface area contributed by atoms with Crippen molar-refractivity contribution in [1.82, 2.24) is 0 Å². The lowest BCUT2D eigenvalue weighted by Gasteiger charge is -2.05. The van der Waals surface area contributed by atoms with Gasteiger partial charge in [0, 0.05) is 27.9 Å². The van der Waals surface area contributed by atoms with E-state index in [9.17, 15) is 9.59 Å². The smallest absolute Gasteiger partial charge is 0.310 e. The van der Waals surface area contributed by atoms with E-state index >= 15 is 0 Å². The van der Waals surface area contributed by atoms with Crippen molar-refractivity contribution in [2.45, 2.75) is 24.5 Å². The van der Waals surface area contributed by atoms with Gasteiger partial charge in [0.15, 0.2) is 12.4 Å². The van der Waals surface area contributed by atoms with Crippen LogP contribution in [0.5, 0.6) is 0 Å². The molecule has 0 fully saturated rings. The molecular formula is C24H23BrNO3S2+. The molecule has 0 bridgehead atoms. The maximum absolute atomic E-state index is 13.5. The van der Waals surface area contributed by atoms with Gasteiger partial charge in [-0.25, -0.2) is 0 Å². The van der Waals surface area contributed by atoms with Gasteiger partial charge in [0.25, 0.3) is 0 Å². The SMILES string of the molecule is C=C(C)CSc1sc(C(=O)c2ccc(Br)cc2)c(CC(=O)OCC)c1-[n+]1ccccc1. The minimum absolute atomic E-state index is 0.0345. The maximum Gasteiger partial charge on any atom is 0.310 e. The number of nitrogens with zero attached hydrogens (tertiary/aromatic N) is 1. The monoisotopic (exact) mass is 516 g/mol. The van der Waals surface area contributed by atoms with Crippen LogP contribution in [-0.4, -0.2) is 24.1 Å². The Morgan fingerprint density at radius 3 is 2.45 bits per heavy atom. The Labute approximate surface area is 199 Å². The number of pyridine rings is 1. The quantitative estimate of drug-likeness (QED) is 0.119. The second-order valence-corrected chi connectivity index (χ2v) is 10.1. The minimum Gasteiger partial charge on any atom is -0.466 e. The van der Waals surface area contributed by atoms with Crippen molar-refractivity contribution >= 4 is 50.8 Å². The number of ether oxygens (including phenoxy) is 1. The molecule has 160 valence electrons. The van der Waals surface area contributed by atoms with Crippen LogP contribution in [0.15, 0.2) is 75.7 Å². The number of thiophene rings is 1. The van der Waals surface area contributed by atoms with Crippen LogP contribution in [-0.2, 0) is 16.0 Å². The summed E-state index contributed by atoms with van der Waals surface area (Å²) in [4.78, 5) is 26.5. The van der Waals surface area contributed by atoms with Gasteiger partial charge in [-0.3, -0.25) is 9.59 Å². The molecule has 0 radical (unpaired) electrons. The maximum atomic E-state index is 13.5. The van der Waals surface area contributed by atoms with Crippen LogP contribution in [0.2, 0.25) is 0 Å². The summed E-state index contributed by atoms with van der Waals surface area (Å²) in [7, 11) is 0. The lowest BCUT2D eigenvalue weighted by Crippen LogP contribution is -2.31. The number of aromatic nitrogens is 1. The Kier molecular flexibility index (Phi) is 8.23. The molecule has 0 saturated carbocycles. The first-order valence-corrected chi connectivity index (χ1v) is 12.4. The molecule has 0 aliphatic rings. The van der Waals surface area contributed by atoms with Crippen LogP contribution in [0.1, 0.15) is 34.6 Å². The molecule has 2 aromatic heterocycles. The number of thioether (sulfide) groups is 1. The molecule has 2 heterocycles. The molecule has 0 N–H and O–H groups in total. The van der Waals surface area contributed by atoms with E-state index in [1.54, 1.807) is 30.8 Å². The molecule has 3 rings (SSSR count). The van der Waals surface area contributed by atoms with Crippen LogP contribution < -0.4 is 4.57 Å². The zero-order valence-electron chi connectivity index (χ0n) is 17.4. The Morgan fingerprint density at radius 2 is 1.84 bits per heavy atom. The molecule has 0 aliphatic carbocycles. The molecule has 0 aliphatic heterocycles. The summed E-state index contributed by atoms with van der Waals surface area (Å²) in [5.41, 5.74) is 3.16. The van der Waals surface area contributed by atoms with E-state index in [0.717, 1.165) is 25.7 Å². The third-order valence-electron chi connectivity index (χ3n) is 4.31. The second-order valence-electron chi connectivity index (χ2n) is 6.89. The van der Waals surface area contributed by atoms with Gasteiger partial charge in [-0.2, -0.15) is 4.57 Å². The molecule has 4 nitrogen and oxygen atoms in total. The fourth-order valence-electron chi connectivity index (χ4n) is 2.97. The van der Waals surface area contributed by atoms with Gasteiger partial charge < -0.3 is 4.74 Å². The van der Waals surface area contributed by atoms with Crippen LogP contribution in [0.25, 0.3) is 5.69 Å². The van der Waals surface area contributed by atoms with E-state index in [2.05, 4.69) is 22.5 Å². The number of benzene rings is 1. The van der Waals surface area contributed by atoms with Crippen LogP contribution in [0, 0.1) is 0 Å². The van der Waals surface area contributed by atoms with Crippen molar-refractivity contribution in [3.05, 3.63) is 87.5 Å². The first kappa shape index (κ1) is 23.4. The van der Waals surface area contributed by atoms with Crippen molar-refractivity contribution in [1.29, 1.82) is 0 Å². The van der Waals surface area contributed by atoms with E-state index in [1.807, 2.05) is 54.2 Å². The van der Waals surface area contributed by atoms with E-state index in [4.69, 9.17) is 4.74 Å². The normalized spacial score (nSPS) is 10.7. The first-order chi connectivity index (χ1) is 14.9. The molecule has 31 heavy (non-hydrogen) atoms. The standard InChI is InChI=1S/C24H23BrNO3S2/c1-4-29-20(27)14-19-21(26-12-6-5-7-13-26)24(30-15-16(2)3)31-23(19)22(28)17-8-10-18(25)11-9-17/h5-13H,2,4,14-15H2,1,3H3/q+1. The molecule has 3 aromatic rings. The van der Waals surface area contributed by atoms with Gasteiger partial charge in [0.2, 0.25) is 11.5 Å². The van der Waals surface area contributed by atoms with Crippen LogP contribution in [0.3, 0.4) is 0 Å². The third-order valence-corrected chi connectivity index (χ3v) is 7.55. The van der Waals surface area contributed by atoms with Gasteiger partial charge in [-0.1, -0.05) is 34.1 Å². The predicted octanol–water partition coefficient (Wildman–Crippen LogP) is 5.79. The number of hydrogen-bond donors (Lipinski definition) is 0. The van der Waals surface area contributed by atoms with Crippen molar-refractivity contribution in [3.63, 3.8) is 0 Å². The molecule has 1 aromatic carbocycles. The van der Waals surface area contributed by atoms with Gasteiger partial charge in [-0.15, -0.1) is 23.1 Å². The molecular weight excluding hydrogens is 494 g/mol. The average Bonchev–Trinajstić information content (AvgIpc) is 3.11. The summed E-state index contributed by atoms with van der Waals surface area (Å²) in [6, 6.07) is 13.0. The number of halogens is 1. The summed E-state index contributed by atoms with van der Waals surface area (Å²) in [5.74, 6) is 0.280. The number of esters is 1. The highest BCUT2D eigenvalue weighted by molar-refractivity contribution is 9.10. The number of rotatable bonds is 9. The molecule has 0 amide bonds. The lowest BCUT2D eigenvalue weighted by molar-refractivity contribution is -0.598. The van der Waals surface area contributed by atoms with E-state index in [0.29, 0.717) is 22.6 Å². The predicted molar refractivity (Wildman–Crippen MR) is 129 cm³/mol. The highest BCUT2D eigenvalue weighted by atomic mass is 79.9. The number of carbonyl (C=O) groups is 2. The van der Waals surface area contributed by atoms with Crippen molar-refractivity contribution < 1.29 is 18.9 Å². The van der Waals surface area contributed by atoms with Gasteiger partial charge in [0.05, 0.1) is 23.5 Å². The number of hydrogen-bond acceptors (Lipinski definition) is 5. The zero-order valence-corrected chi connectivity index (χ0v) is 20.6. The highest BCUT2D eigenvalue weighted by Gasteiger charge is 2.31. The van der Waals surface area contributed by atoms with Crippen molar-refractivity contribution in [2.24, 2.45) is 0 Å². The Morgan fingerprint density at radius 1 is 1.16 bits per heavy atom. The number of ketones is 1. The molecule has 7 heteroatoms.